The van der Waals surface area contributed by atoms with Crippen LogP contribution in [0.25, 0.3) is 0 Å². The highest BCUT2D eigenvalue weighted by Gasteiger charge is 2.53. The lowest BCUT2D eigenvalue weighted by molar-refractivity contribution is -0.379. The highest BCUT2D eigenvalue weighted by atomic mass is 16.8. The van der Waals surface area contributed by atoms with Gasteiger partial charge in [0.2, 0.25) is 5.91 Å². The Morgan fingerprint density at radius 3 is 1.19 bits per heavy atom. The number of aliphatic hydroxyl groups excluding tert-OH is 11. The van der Waals surface area contributed by atoms with E-state index in [0.29, 0.717) is 12.8 Å². The third-order valence-corrected chi connectivity index (χ3v) is 17.0. The van der Waals surface area contributed by atoms with Crippen LogP contribution >= 0.6 is 0 Å². The average Bonchev–Trinajstić information content (AvgIpc) is 2.99. The van der Waals surface area contributed by atoms with Crippen molar-refractivity contribution in [2.24, 2.45) is 0 Å². The zero-order valence-electron chi connectivity index (χ0n) is 51.9. The Morgan fingerprint density at radius 1 is 0.417 bits per heavy atom. The first-order valence-electron chi connectivity index (χ1n) is 33.6. The molecular weight excluding hydrogens is 1080 g/mol. The van der Waals surface area contributed by atoms with Gasteiger partial charge in [-0.2, -0.15) is 0 Å². The molecule has 12 N–H and O–H groups in total. The van der Waals surface area contributed by atoms with Gasteiger partial charge >= 0.3 is 0 Å². The number of carbonyl (C=O) groups excluding carboxylic acids is 1. The number of carbonyl (C=O) groups is 1. The summed E-state index contributed by atoms with van der Waals surface area (Å²) in [6, 6.07) is -0.986. The fourth-order valence-electron chi connectivity index (χ4n) is 11.5. The van der Waals surface area contributed by atoms with Gasteiger partial charge in [-0.05, 0) is 32.1 Å². The lowest BCUT2D eigenvalue weighted by Gasteiger charge is -2.48. The lowest BCUT2D eigenvalue weighted by Crippen LogP contribution is -2.66. The maximum Gasteiger partial charge on any atom is 0.220 e. The van der Waals surface area contributed by atoms with Crippen LogP contribution in [0.1, 0.15) is 251 Å². The second kappa shape index (κ2) is 48.2. The summed E-state index contributed by atoms with van der Waals surface area (Å²) in [5.41, 5.74) is 0. The number of amides is 1. The summed E-state index contributed by atoms with van der Waals surface area (Å²) in [7, 11) is 0. The Morgan fingerprint density at radius 2 is 0.762 bits per heavy atom. The lowest BCUT2D eigenvalue weighted by atomic mass is 9.96. The predicted molar refractivity (Wildman–Crippen MR) is 323 cm³/mol. The molecule has 0 aliphatic carbocycles. The van der Waals surface area contributed by atoms with E-state index in [4.69, 9.17) is 28.4 Å². The van der Waals surface area contributed by atoms with E-state index in [1.54, 1.807) is 6.08 Å². The van der Waals surface area contributed by atoms with Crippen LogP contribution in [0.4, 0.5) is 0 Å². The van der Waals surface area contributed by atoms with Gasteiger partial charge in [-0.25, -0.2) is 0 Å². The first-order chi connectivity index (χ1) is 40.8. The van der Waals surface area contributed by atoms with Gasteiger partial charge in [0.25, 0.3) is 0 Å². The summed E-state index contributed by atoms with van der Waals surface area (Å²) < 4.78 is 34.3. The molecule has 494 valence electrons. The molecule has 0 saturated carbocycles. The first kappa shape index (κ1) is 76.5. The van der Waals surface area contributed by atoms with Crippen molar-refractivity contribution in [2.45, 2.75) is 356 Å². The van der Waals surface area contributed by atoms with Crippen molar-refractivity contribution in [3.8, 4) is 0 Å². The number of nitrogens with one attached hydrogen (secondary N) is 1. The molecule has 3 rings (SSSR count). The summed E-state index contributed by atoms with van der Waals surface area (Å²) in [5.74, 6) is -0.281. The van der Waals surface area contributed by atoms with E-state index in [2.05, 4.69) is 31.3 Å². The average molecular weight is 1200 g/mol. The first-order valence-corrected chi connectivity index (χ1v) is 33.6. The van der Waals surface area contributed by atoms with Crippen LogP contribution in [-0.4, -0.2) is 193 Å². The van der Waals surface area contributed by atoms with E-state index in [0.717, 1.165) is 38.5 Å². The molecule has 17 unspecified atom stereocenters. The molecule has 1 amide bonds. The molecule has 3 fully saturated rings. The number of hydrogen-bond donors (Lipinski definition) is 12. The minimum absolute atomic E-state index is 0.240. The molecule has 3 aliphatic rings. The predicted octanol–water partition coefficient (Wildman–Crippen LogP) is 7.88. The van der Waals surface area contributed by atoms with Crippen molar-refractivity contribution in [1.29, 1.82) is 0 Å². The molecule has 0 aromatic rings. The fraction of sp³-hybridized carbons (Fsp3) is 0.923. The standard InChI is InChI=1S/C65H121NO18/c1-3-5-7-9-11-13-15-17-19-20-21-22-23-24-25-26-27-29-31-33-35-37-39-41-43-53(71)66-48(49(70)42-40-38-36-34-32-30-28-18-16-14-12-10-8-6-4-2)47-79-63-59(77)56(74)61(51(45-68)81-63)84-65-60(78)57(75)62(52(46-69)82-65)83-64-58(76)55(73)54(72)50(44-67)80-64/h32,34,40,42,48-52,54-65,67-70,72-78H,3-31,33,35-39,41,43-47H2,1-2H3,(H,66,71)/b34-32+,42-40+. The van der Waals surface area contributed by atoms with Crippen LogP contribution in [0, 0.1) is 0 Å². The normalized spacial score (nSPS) is 29.3. The molecule has 3 heterocycles. The number of hydrogen-bond acceptors (Lipinski definition) is 18. The van der Waals surface area contributed by atoms with E-state index in [1.165, 1.54) is 180 Å². The van der Waals surface area contributed by atoms with Gasteiger partial charge in [-0.1, -0.05) is 237 Å². The van der Waals surface area contributed by atoms with Crippen molar-refractivity contribution >= 4 is 5.91 Å². The molecule has 0 bridgehead atoms. The molecule has 0 aromatic heterocycles. The summed E-state index contributed by atoms with van der Waals surface area (Å²) in [6.45, 7) is 1.73. The third-order valence-electron chi connectivity index (χ3n) is 17.0. The molecule has 3 saturated heterocycles. The van der Waals surface area contributed by atoms with E-state index >= 15 is 0 Å². The van der Waals surface area contributed by atoms with Gasteiger partial charge in [0.1, 0.15) is 73.2 Å². The molecule has 84 heavy (non-hydrogen) atoms. The van der Waals surface area contributed by atoms with Crippen LogP contribution < -0.4 is 5.32 Å². The Kier molecular flexibility index (Phi) is 43.9. The summed E-state index contributed by atoms with van der Waals surface area (Å²) in [5, 5.41) is 120. The number of unbranched alkanes of at least 4 members (excludes halogenated alkanes) is 33. The smallest absolute Gasteiger partial charge is 0.220 e. The quantitative estimate of drug-likeness (QED) is 0.0204. The summed E-state index contributed by atoms with van der Waals surface area (Å²) >= 11 is 0. The molecule has 0 radical (unpaired) electrons. The molecular formula is C65H121NO18. The van der Waals surface area contributed by atoms with Gasteiger partial charge in [-0.15, -0.1) is 0 Å². The number of rotatable bonds is 51. The van der Waals surface area contributed by atoms with Crippen molar-refractivity contribution in [2.75, 3.05) is 26.4 Å². The topological polar surface area (TPSA) is 307 Å². The van der Waals surface area contributed by atoms with E-state index in [9.17, 15) is 61.0 Å². The largest absolute Gasteiger partial charge is 0.394 e. The highest BCUT2D eigenvalue weighted by molar-refractivity contribution is 5.76. The van der Waals surface area contributed by atoms with Crippen LogP contribution in [0.2, 0.25) is 0 Å². The van der Waals surface area contributed by atoms with Crippen molar-refractivity contribution in [3.05, 3.63) is 24.3 Å². The summed E-state index contributed by atoms with van der Waals surface area (Å²) in [4.78, 5) is 13.4. The number of allylic oxidation sites excluding steroid dienone is 3. The maximum absolute atomic E-state index is 13.4. The second-order valence-corrected chi connectivity index (χ2v) is 24.3. The minimum atomic E-state index is -1.98. The zero-order valence-corrected chi connectivity index (χ0v) is 51.9. The zero-order chi connectivity index (χ0) is 61.2. The summed E-state index contributed by atoms with van der Waals surface area (Å²) in [6.07, 6.45) is 25.9. The van der Waals surface area contributed by atoms with Crippen LogP contribution in [0.3, 0.4) is 0 Å². The third kappa shape index (κ3) is 30.7. The SMILES string of the molecule is CCCCCCCCCCC/C=C/CC/C=C/C(O)C(COC1OC(CO)C(OC2OC(CO)C(OC3OC(CO)C(O)C(O)C3O)C(O)C2O)C(O)C1O)NC(=O)CCCCCCCCCCCCCCCCCCCCCCCCCC. The van der Waals surface area contributed by atoms with Crippen molar-refractivity contribution in [3.63, 3.8) is 0 Å². The molecule has 0 spiro atoms. The monoisotopic (exact) mass is 1200 g/mol. The Balaban J connectivity index is 1.44. The minimum Gasteiger partial charge on any atom is -0.394 e. The molecule has 19 heteroatoms. The number of aliphatic hydroxyl groups is 11. The fourth-order valence-corrected chi connectivity index (χ4v) is 11.5. The van der Waals surface area contributed by atoms with Crippen molar-refractivity contribution < 1.29 is 89.4 Å². The Labute approximate surface area is 505 Å². The van der Waals surface area contributed by atoms with Gasteiger partial charge in [-0.3, -0.25) is 4.79 Å². The van der Waals surface area contributed by atoms with Crippen molar-refractivity contribution in [1.82, 2.24) is 5.32 Å². The van der Waals surface area contributed by atoms with E-state index in [1.807, 2.05) is 6.08 Å². The number of ether oxygens (including phenoxy) is 6. The molecule has 19 nitrogen and oxygen atoms in total. The van der Waals surface area contributed by atoms with Crippen LogP contribution in [-0.2, 0) is 33.2 Å². The van der Waals surface area contributed by atoms with Gasteiger partial charge in [0, 0.05) is 6.42 Å². The molecule has 3 aliphatic heterocycles. The molecule has 17 atom stereocenters. The Bertz CT molecular complexity index is 1630. The van der Waals surface area contributed by atoms with Crippen LogP contribution in [0.5, 0.6) is 0 Å². The van der Waals surface area contributed by atoms with Gasteiger partial charge in [0.05, 0.1) is 38.6 Å². The van der Waals surface area contributed by atoms with Gasteiger partial charge in [0.15, 0.2) is 18.9 Å². The van der Waals surface area contributed by atoms with Crippen LogP contribution in [0.15, 0.2) is 24.3 Å². The van der Waals surface area contributed by atoms with Gasteiger partial charge < -0.3 is 89.9 Å². The Hall–Kier alpha value is -1.73. The second-order valence-electron chi connectivity index (χ2n) is 24.3. The molecule has 0 aromatic carbocycles. The highest BCUT2D eigenvalue weighted by Crippen LogP contribution is 2.33. The van der Waals surface area contributed by atoms with E-state index in [-0.39, 0.29) is 18.9 Å². The van der Waals surface area contributed by atoms with E-state index < -0.39 is 124 Å². The maximum atomic E-state index is 13.4.